The third-order valence-corrected chi connectivity index (χ3v) is 2.86. The Morgan fingerprint density at radius 1 is 1.52 bits per heavy atom. The summed E-state index contributed by atoms with van der Waals surface area (Å²) in [5, 5.41) is 20.8. The normalized spacial score (nSPS) is 12.8. The number of imidazole rings is 1. The smallest absolute Gasteiger partial charge is 0.280 e. The number of aromatic amines is 1. The highest BCUT2D eigenvalue weighted by molar-refractivity contribution is 5.91. The molecule has 0 bridgehead atoms. The zero-order valence-electron chi connectivity index (χ0n) is 11.7. The lowest BCUT2D eigenvalue weighted by atomic mass is 10.2. The molecule has 21 heavy (non-hydrogen) atoms. The van der Waals surface area contributed by atoms with Gasteiger partial charge in [0.25, 0.3) is 5.56 Å². The minimum Gasteiger partial charge on any atom is -0.394 e. The summed E-state index contributed by atoms with van der Waals surface area (Å²) in [6.07, 6.45) is 0.358. The van der Waals surface area contributed by atoms with Crippen LogP contribution < -0.4 is 10.9 Å². The van der Waals surface area contributed by atoms with Crippen molar-refractivity contribution in [2.75, 3.05) is 11.9 Å². The third-order valence-electron chi connectivity index (χ3n) is 2.86. The first-order valence-corrected chi connectivity index (χ1v) is 6.47. The van der Waals surface area contributed by atoms with Crippen molar-refractivity contribution in [3.8, 4) is 0 Å². The fraction of sp³-hybridized carbons (Fsp3) is 0.500. The number of carbonyl (C=O) groups excluding carboxylic acids is 1. The fourth-order valence-corrected chi connectivity index (χ4v) is 1.69. The van der Waals surface area contributed by atoms with E-state index in [0.29, 0.717) is 0 Å². The van der Waals surface area contributed by atoms with Gasteiger partial charge in [0.05, 0.1) is 25.6 Å². The third kappa shape index (κ3) is 3.26. The van der Waals surface area contributed by atoms with Crippen molar-refractivity contribution >= 4 is 23.0 Å². The van der Waals surface area contributed by atoms with Crippen LogP contribution in [0.25, 0.3) is 11.2 Å². The van der Waals surface area contributed by atoms with Gasteiger partial charge in [-0.3, -0.25) is 19.9 Å². The fourth-order valence-electron chi connectivity index (χ4n) is 1.69. The molecule has 0 unspecified atom stereocenters. The molecule has 1 atom stereocenters. The quantitative estimate of drug-likeness (QED) is 0.563. The average Bonchev–Trinajstić information content (AvgIpc) is 2.82. The Bertz CT molecular complexity index is 705. The molecule has 0 spiro atoms. The first-order chi connectivity index (χ1) is 9.92. The van der Waals surface area contributed by atoms with E-state index in [-0.39, 0.29) is 35.5 Å². The van der Waals surface area contributed by atoms with Crippen molar-refractivity contribution in [2.24, 2.45) is 5.92 Å². The van der Waals surface area contributed by atoms with Gasteiger partial charge in [-0.2, -0.15) is 4.98 Å². The van der Waals surface area contributed by atoms with E-state index in [0.717, 1.165) is 0 Å². The Morgan fingerprint density at radius 3 is 2.86 bits per heavy atom. The highest BCUT2D eigenvalue weighted by atomic mass is 16.3. The Hall–Kier alpha value is -2.26. The number of aliphatic hydroxyl groups excluding tert-OH is 2. The van der Waals surface area contributed by atoms with Crippen LogP contribution in [-0.2, 0) is 11.3 Å². The van der Waals surface area contributed by atoms with Crippen LogP contribution in [0, 0.1) is 5.92 Å². The molecule has 0 saturated carbocycles. The maximum absolute atomic E-state index is 11.9. The van der Waals surface area contributed by atoms with Crippen LogP contribution in [0.4, 0.5) is 5.95 Å². The molecule has 0 saturated heterocycles. The highest BCUT2D eigenvalue weighted by Gasteiger charge is 2.15. The van der Waals surface area contributed by atoms with Crippen LogP contribution in [0.5, 0.6) is 0 Å². The van der Waals surface area contributed by atoms with Gasteiger partial charge in [-0.25, -0.2) is 4.98 Å². The van der Waals surface area contributed by atoms with Crippen molar-refractivity contribution in [3.05, 3.63) is 16.7 Å². The van der Waals surface area contributed by atoms with Crippen molar-refractivity contribution in [3.63, 3.8) is 0 Å². The van der Waals surface area contributed by atoms with Gasteiger partial charge in [-0.05, 0) is 0 Å². The van der Waals surface area contributed by atoms with Crippen molar-refractivity contribution in [1.29, 1.82) is 0 Å². The molecule has 9 heteroatoms. The first-order valence-electron chi connectivity index (χ1n) is 6.47. The molecule has 0 aliphatic rings. The number of nitrogens with zero attached hydrogens (tertiary/aromatic N) is 3. The summed E-state index contributed by atoms with van der Waals surface area (Å²) in [6, 6.07) is 0. The molecule has 2 aromatic rings. The van der Waals surface area contributed by atoms with Gasteiger partial charge >= 0.3 is 0 Å². The Labute approximate surface area is 119 Å². The summed E-state index contributed by atoms with van der Waals surface area (Å²) in [5.41, 5.74) is -0.163. The number of H-pyrrole nitrogens is 1. The molecule has 1 amide bonds. The molecule has 0 fully saturated rings. The number of carbonyl (C=O) groups is 1. The summed E-state index contributed by atoms with van der Waals surface area (Å²) in [7, 11) is 0. The highest BCUT2D eigenvalue weighted by Crippen LogP contribution is 2.09. The molecule has 114 valence electrons. The predicted octanol–water partition coefficient (Wildman–Crippen LogP) is -0.933. The second-order valence-electron chi connectivity index (χ2n) is 4.96. The lowest BCUT2D eigenvalue weighted by molar-refractivity contribution is -0.118. The maximum Gasteiger partial charge on any atom is 0.280 e. The molecular weight excluding hydrogens is 278 g/mol. The number of hydrogen-bond donors (Lipinski definition) is 4. The first kappa shape index (κ1) is 15.1. The van der Waals surface area contributed by atoms with Gasteiger partial charge in [0.2, 0.25) is 11.9 Å². The van der Waals surface area contributed by atoms with Crippen LogP contribution in [0.3, 0.4) is 0 Å². The maximum atomic E-state index is 11.9. The summed E-state index contributed by atoms with van der Waals surface area (Å²) in [6.45, 7) is 3.06. The van der Waals surface area contributed by atoms with E-state index in [4.69, 9.17) is 5.11 Å². The van der Waals surface area contributed by atoms with E-state index in [2.05, 4.69) is 20.3 Å². The van der Waals surface area contributed by atoms with Gasteiger partial charge in [-0.1, -0.05) is 13.8 Å². The molecule has 2 heterocycles. The summed E-state index contributed by atoms with van der Waals surface area (Å²) in [4.78, 5) is 34.0. The molecule has 4 N–H and O–H groups in total. The summed E-state index contributed by atoms with van der Waals surface area (Å²) < 4.78 is 1.44. The van der Waals surface area contributed by atoms with Crippen LogP contribution in [0.2, 0.25) is 0 Å². The minimum absolute atomic E-state index is 0.0199. The van der Waals surface area contributed by atoms with Crippen LogP contribution in [0.1, 0.15) is 13.8 Å². The van der Waals surface area contributed by atoms with E-state index in [1.807, 2.05) is 0 Å². The topological polar surface area (TPSA) is 133 Å². The van der Waals surface area contributed by atoms with Crippen molar-refractivity contribution in [1.82, 2.24) is 19.5 Å². The minimum atomic E-state index is -0.989. The van der Waals surface area contributed by atoms with Crippen molar-refractivity contribution < 1.29 is 15.0 Å². The van der Waals surface area contributed by atoms with Crippen LogP contribution in [-0.4, -0.2) is 48.4 Å². The van der Waals surface area contributed by atoms with Gasteiger partial charge in [0.15, 0.2) is 11.2 Å². The number of fused-ring (bicyclic) bond motifs is 1. The molecule has 2 aromatic heterocycles. The second-order valence-corrected chi connectivity index (χ2v) is 4.96. The number of amides is 1. The van der Waals surface area contributed by atoms with Crippen molar-refractivity contribution in [2.45, 2.75) is 26.5 Å². The molecule has 2 rings (SSSR count). The second kappa shape index (κ2) is 6.02. The number of aromatic nitrogens is 4. The molecule has 0 aliphatic carbocycles. The Morgan fingerprint density at radius 2 is 2.24 bits per heavy atom. The summed E-state index contributed by atoms with van der Waals surface area (Å²) >= 11 is 0. The number of anilines is 1. The van der Waals surface area contributed by atoms with E-state index in [1.54, 1.807) is 13.8 Å². The summed E-state index contributed by atoms with van der Waals surface area (Å²) in [5.74, 6) is -0.516. The molecule has 0 radical (unpaired) electrons. The molecule has 0 aliphatic heterocycles. The SMILES string of the molecule is CC(C)C(=O)Nc1nc2c(ncn2C[C@H](O)CO)c(=O)[nH]1. The van der Waals surface area contributed by atoms with Gasteiger partial charge in [0, 0.05) is 5.92 Å². The standard InChI is InChI=1S/C12H17N5O4/c1-6(2)10(20)15-12-14-9-8(11(21)16-12)13-5-17(9)3-7(19)4-18/h5-7,18-19H,3-4H2,1-2H3,(H2,14,15,16,20,21)/t7-/m0/s1. The number of aliphatic hydroxyl groups is 2. The van der Waals surface area contributed by atoms with E-state index >= 15 is 0 Å². The number of nitrogens with one attached hydrogen (secondary N) is 2. The molecule has 0 aromatic carbocycles. The predicted molar refractivity (Wildman–Crippen MR) is 74.7 cm³/mol. The zero-order valence-corrected chi connectivity index (χ0v) is 11.7. The Kier molecular flexibility index (Phi) is 4.34. The average molecular weight is 295 g/mol. The van der Waals surface area contributed by atoms with E-state index in [9.17, 15) is 14.7 Å². The number of hydrogen-bond acceptors (Lipinski definition) is 6. The number of rotatable bonds is 5. The molecule has 9 nitrogen and oxygen atoms in total. The zero-order chi connectivity index (χ0) is 15.6. The van der Waals surface area contributed by atoms with Gasteiger partial charge < -0.3 is 14.8 Å². The van der Waals surface area contributed by atoms with Gasteiger partial charge in [0.1, 0.15) is 0 Å². The van der Waals surface area contributed by atoms with Crippen LogP contribution >= 0.6 is 0 Å². The lowest BCUT2D eigenvalue weighted by Crippen LogP contribution is -2.23. The van der Waals surface area contributed by atoms with Crippen LogP contribution in [0.15, 0.2) is 11.1 Å². The van der Waals surface area contributed by atoms with E-state index in [1.165, 1.54) is 10.9 Å². The largest absolute Gasteiger partial charge is 0.394 e. The van der Waals surface area contributed by atoms with Gasteiger partial charge in [-0.15, -0.1) is 0 Å². The monoisotopic (exact) mass is 295 g/mol. The van der Waals surface area contributed by atoms with E-state index < -0.39 is 18.3 Å². The lowest BCUT2D eigenvalue weighted by Gasteiger charge is -2.09. The molecular formula is C12H17N5O4. The Balaban J connectivity index is 2.40.